The smallest absolute Gasteiger partial charge is 0.255 e. The quantitative estimate of drug-likeness (QED) is 0.570. The average Bonchev–Trinajstić information content (AvgIpc) is 3.35. The molecule has 4 heterocycles. The Hall–Kier alpha value is -3.59. The number of halogens is 1. The number of benzene rings is 2. The maximum atomic E-state index is 14.7. The fourth-order valence-corrected chi connectivity index (χ4v) is 6.02. The topological polar surface area (TPSA) is 87.5 Å². The Bertz CT molecular complexity index is 1390. The predicted octanol–water partition coefficient (Wildman–Crippen LogP) is 2.85. The first-order valence-corrected chi connectivity index (χ1v) is 12.5. The third-order valence-electron chi connectivity index (χ3n) is 7.92. The van der Waals surface area contributed by atoms with Crippen molar-refractivity contribution in [3.05, 3.63) is 64.6 Å². The number of carbonyl (C=O) groups is 3. The second-order valence-corrected chi connectivity index (χ2v) is 10.1. The SMILES string of the molecule is Cn1nc2ccccc2c1CN1CCC(c2cc(F)cc3c2CN(C2CCC(=O)NC2=O)C3=O)CC1. The van der Waals surface area contributed by atoms with Crippen molar-refractivity contribution in [1.82, 2.24) is 24.9 Å². The molecule has 2 aromatic carbocycles. The zero-order chi connectivity index (χ0) is 25.0. The van der Waals surface area contributed by atoms with E-state index in [9.17, 15) is 18.8 Å². The number of aromatic nitrogens is 2. The molecule has 1 unspecified atom stereocenters. The van der Waals surface area contributed by atoms with Crippen LogP contribution in [-0.2, 0) is 29.7 Å². The highest BCUT2D eigenvalue weighted by atomic mass is 19.1. The molecule has 1 aromatic heterocycles. The van der Waals surface area contributed by atoms with Crippen molar-refractivity contribution < 1.29 is 18.8 Å². The molecule has 0 saturated carbocycles. The molecule has 2 saturated heterocycles. The third-order valence-corrected chi connectivity index (χ3v) is 7.92. The van der Waals surface area contributed by atoms with Gasteiger partial charge in [0.1, 0.15) is 11.9 Å². The van der Waals surface area contributed by atoms with Crippen LogP contribution in [0, 0.1) is 5.82 Å². The van der Waals surface area contributed by atoms with Gasteiger partial charge in [0.2, 0.25) is 11.8 Å². The van der Waals surface area contributed by atoms with Crippen LogP contribution in [0.15, 0.2) is 36.4 Å². The van der Waals surface area contributed by atoms with Crippen molar-refractivity contribution in [2.24, 2.45) is 7.05 Å². The van der Waals surface area contributed by atoms with Crippen LogP contribution in [0.4, 0.5) is 4.39 Å². The van der Waals surface area contributed by atoms with E-state index < -0.39 is 17.8 Å². The van der Waals surface area contributed by atoms with Crippen LogP contribution in [0.2, 0.25) is 0 Å². The van der Waals surface area contributed by atoms with Gasteiger partial charge in [0.25, 0.3) is 5.91 Å². The standard InChI is InChI=1S/C27H28FN5O3/c1-31-24(18-4-2-3-5-22(18)30-31)15-32-10-8-16(9-11-32)19-12-17(28)13-20-21(19)14-33(27(20)36)23-6-7-25(34)29-26(23)35/h2-5,12-13,16,23H,6-11,14-15H2,1H3,(H,29,34,35). The minimum Gasteiger partial charge on any atom is -0.322 e. The zero-order valence-electron chi connectivity index (χ0n) is 20.2. The van der Waals surface area contributed by atoms with Gasteiger partial charge in [0.15, 0.2) is 0 Å². The van der Waals surface area contributed by atoms with Gasteiger partial charge in [0.05, 0.1) is 11.2 Å². The molecule has 186 valence electrons. The third kappa shape index (κ3) is 3.87. The molecular weight excluding hydrogens is 461 g/mol. The Balaban J connectivity index is 1.19. The van der Waals surface area contributed by atoms with E-state index in [0.29, 0.717) is 12.0 Å². The van der Waals surface area contributed by atoms with Crippen LogP contribution in [0.3, 0.4) is 0 Å². The molecule has 0 radical (unpaired) electrons. The van der Waals surface area contributed by atoms with Gasteiger partial charge in [-0.1, -0.05) is 18.2 Å². The van der Waals surface area contributed by atoms with E-state index in [1.807, 2.05) is 29.9 Å². The molecule has 36 heavy (non-hydrogen) atoms. The monoisotopic (exact) mass is 489 g/mol. The maximum Gasteiger partial charge on any atom is 0.255 e. The summed E-state index contributed by atoms with van der Waals surface area (Å²) in [5.41, 5.74) is 4.21. The number of nitrogens with zero attached hydrogens (tertiary/aromatic N) is 4. The Morgan fingerprint density at radius 2 is 1.86 bits per heavy atom. The molecule has 3 amide bonds. The lowest BCUT2D eigenvalue weighted by atomic mass is 9.85. The molecule has 1 N–H and O–H groups in total. The Morgan fingerprint density at radius 1 is 1.08 bits per heavy atom. The van der Waals surface area contributed by atoms with Gasteiger partial charge >= 0.3 is 0 Å². The number of imide groups is 1. The summed E-state index contributed by atoms with van der Waals surface area (Å²) in [7, 11) is 1.98. The minimum absolute atomic E-state index is 0.142. The van der Waals surface area contributed by atoms with Crippen LogP contribution in [0.25, 0.3) is 10.9 Å². The van der Waals surface area contributed by atoms with Crippen LogP contribution in [0.5, 0.6) is 0 Å². The van der Waals surface area contributed by atoms with E-state index in [1.54, 1.807) is 6.07 Å². The summed E-state index contributed by atoms with van der Waals surface area (Å²) in [6, 6.07) is 10.3. The first-order chi connectivity index (χ1) is 17.4. The number of carbonyl (C=O) groups excluding carboxylic acids is 3. The highest BCUT2D eigenvalue weighted by Gasteiger charge is 2.41. The molecule has 0 bridgehead atoms. The van der Waals surface area contributed by atoms with Crippen molar-refractivity contribution in [2.45, 2.75) is 50.7 Å². The largest absolute Gasteiger partial charge is 0.322 e. The van der Waals surface area contributed by atoms with Gasteiger partial charge in [-0.25, -0.2) is 4.39 Å². The molecule has 0 spiro atoms. The minimum atomic E-state index is -0.700. The number of aryl methyl sites for hydroxylation is 1. The number of hydrogen-bond acceptors (Lipinski definition) is 5. The number of rotatable bonds is 4. The fourth-order valence-electron chi connectivity index (χ4n) is 6.02. The molecule has 9 heteroatoms. The number of hydrogen-bond donors (Lipinski definition) is 1. The number of fused-ring (bicyclic) bond motifs is 2. The molecule has 3 aliphatic rings. The molecule has 2 fully saturated rings. The number of piperidine rings is 2. The summed E-state index contributed by atoms with van der Waals surface area (Å²) in [6.07, 6.45) is 2.21. The highest BCUT2D eigenvalue weighted by Crippen LogP contribution is 2.38. The van der Waals surface area contributed by atoms with Crippen LogP contribution >= 0.6 is 0 Å². The van der Waals surface area contributed by atoms with Crippen LogP contribution in [0.1, 0.15) is 58.8 Å². The normalized spacial score (nSPS) is 21.3. The molecule has 3 aromatic rings. The van der Waals surface area contributed by atoms with E-state index in [1.165, 1.54) is 16.7 Å². The van der Waals surface area contributed by atoms with Crippen molar-refractivity contribution in [1.29, 1.82) is 0 Å². The molecule has 0 aliphatic carbocycles. The van der Waals surface area contributed by atoms with Gasteiger partial charge in [-0.15, -0.1) is 0 Å². The summed E-state index contributed by atoms with van der Waals surface area (Å²) >= 11 is 0. The van der Waals surface area contributed by atoms with Crippen molar-refractivity contribution in [3.8, 4) is 0 Å². The lowest BCUT2D eigenvalue weighted by Gasteiger charge is -2.33. The molecule has 3 aliphatic heterocycles. The van der Waals surface area contributed by atoms with Gasteiger partial charge in [-0.3, -0.25) is 29.3 Å². The Morgan fingerprint density at radius 3 is 2.64 bits per heavy atom. The lowest BCUT2D eigenvalue weighted by Crippen LogP contribution is -2.52. The van der Waals surface area contributed by atoms with Gasteiger partial charge in [-0.2, -0.15) is 5.10 Å². The van der Waals surface area contributed by atoms with E-state index >= 15 is 0 Å². The number of likely N-dealkylation sites (tertiary alicyclic amines) is 1. The zero-order valence-corrected chi connectivity index (χ0v) is 20.2. The van der Waals surface area contributed by atoms with E-state index in [0.717, 1.165) is 54.5 Å². The maximum absolute atomic E-state index is 14.7. The van der Waals surface area contributed by atoms with Crippen molar-refractivity contribution in [3.63, 3.8) is 0 Å². The molecule has 6 rings (SSSR count). The van der Waals surface area contributed by atoms with Crippen molar-refractivity contribution in [2.75, 3.05) is 13.1 Å². The first-order valence-electron chi connectivity index (χ1n) is 12.5. The van der Waals surface area contributed by atoms with E-state index in [4.69, 9.17) is 0 Å². The Labute approximate surface area is 208 Å². The van der Waals surface area contributed by atoms with Crippen LogP contribution < -0.4 is 5.32 Å². The lowest BCUT2D eigenvalue weighted by molar-refractivity contribution is -0.136. The summed E-state index contributed by atoms with van der Waals surface area (Å²) < 4.78 is 16.6. The number of amides is 3. The summed E-state index contributed by atoms with van der Waals surface area (Å²) in [5, 5.41) is 8.10. The Kier molecular flexibility index (Phi) is 5.59. The first kappa shape index (κ1) is 22.8. The van der Waals surface area contributed by atoms with Crippen LogP contribution in [-0.4, -0.2) is 56.4 Å². The van der Waals surface area contributed by atoms with Gasteiger partial charge in [-0.05, 0) is 67.6 Å². The summed E-state index contributed by atoms with van der Waals surface area (Å²) in [5.74, 6) is -1.39. The van der Waals surface area contributed by atoms with E-state index in [-0.39, 0.29) is 30.7 Å². The second kappa shape index (κ2) is 8.81. The molecule has 1 atom stereocenters. The average molecular weight is 490 g/mol. The molecule has 8 nitrogen and oxygen atoms in total. The van der Waals surface area contributed by atoms with Crippen molar-refractivity contribution >= 4 is 28.6 Å². The predicted molar refractivity (Wildman–Crippen MR) is 130 cm³/mol. The summed E-state index contributed by atoms with van der Waals surface area (Å²) in [6.45, 7) is 2.80. The highest BCUT2D eigenvalue weighted by molar-refractivity contribution is 6.05. The molecular formula is C27H28FN5O3. The van der Waals surface area contributed by atoms with E-state index in [2.05, 4.69) is 21.4 Å². The summed E-state index contributed by atoms with van der Waals surface area (Å²) in [4.78, 5) is 41.0. The second-order valence-electron chi connectivity index (χ2n) is 10.1. The van der Waals surface area contributed by atoms with Gasteiger partial charge < -0.3 is 4.90 Å². The fraction of sp³-hybridized carbons (Fsp3) is 0.407. The van der Waals surface area contributed by atoms with Gasteiger partial charge in [0, 0.05) is 37.5 Å². The number of nitrogens with one attached hydrogen (secondary N) is 1.